The minimum atomic E-state index is -0.789. The van der Waals surface area contributed by atoms with Crippen molar-refractivity contribution < 1.29 is 28.6 Å². The molecule has 0 rings (SSSR count). The van der Waals surface area contributed by atoms with Gasteiger partial charge >= 0.3 is 17.9 Å². The van der Waals surface area contributed by atoms with E-state index in [1.807, 2.05) is 0 Å². The highest BCUT2D eigenvalue weighted by molar-refractivity contribution is 5.71. The Bertz CT molecular complexity index is 1430. The van der Waals surface area contributed by atoms with Crippen LogP contribution in [0.25, 0.3) is 0 Å². The number of carbonyl (C=O) groups excluding carboxylic acids is 3. The Kier molecular flexibility index (Phi) is 60.3. The molecule has 75 heavy (non-hydrogen) atoms. The Balaban J connectivity index is 4.16. The molecule has 0 N–H and O–H groups in total. The molecule has 0 aromatic carbocycles. The zero-order valence-electron chi connectivity index (χ0n) is 49.6. The predicted molar refractivity (Wildman–Crippen MR) is 325 cm³/mol. The second kappa shape index (κ2) is 63.1. The molecule has 0 heterocycles. The van der Waals surface area contributed by atoms with E-state index in [0.29, 0.717) is 19.3 Å². The third-order valence-electron chi connectivity index (χ3n) is 13.8. The fourth-order valence-electron chi connectivity index (χ4n) is 9.00. The van der Waals surface area contributed by atoms with Crippen LogP contribution in [0.1, 0.15) is 316 Å². The monoisotopic (exact) mass is 1040 g/mol. The van der Waals surface area contributed by atoms with Gasteiger partial charge in [-0.15, -0.1) is 0 Å². The number of hydrogen-bond acceptors (Lipinski definition) is 6. The third kappa shape index (κ3) is 61.3. The lowest BCUT2D eigenvalue weighted by Gasteiger charge is -2.18. The van der Waals surface area contributed by atoms with Gasteiger partial charge in [-0.1, -0.05) is 273 Å². The van der Waals surface area contributed by atoms with Crippen LogP contribution in [0, 0.1) is 0 Å². The maximum Gasteiger partial charge on any atom is 0.306 e. The standard InChI is InChI=1S/C69H120O6/c1-4-7-10-13-16-19-22-25-26-27-28-29-30-31-32-33-34-35-36-37-38-39-40-41-42-45-47-50-53-56-59-62-68(71)74-65-66(75-69(72)63-60-57-54-51-48-44-24-21-18-15-12-9-6-3)64-73-67(70)61-58-55-52-49-46-43-23-20-17-14-11-8-5-2/h11-12,14-15,20-25,27-28,30-31,66H,4-10,13,16-19,26,29,32-65H2,1-3H3/b14-11-,15-12-,23-20-,24-21-,25-22-,28-27-,31-30-. The molecule has 432 valence electrons. The Morgan fingerprint density at radius 2 is 0.507 bits per heavy atom. The lowest BCUT2D eigenvalue weighted by Crippen LogP contribution is -2.30. The number of ether oxygens (including phenoxy) is 3. The van der Waals surface area contributed by atoms with Crippen LogP contribution in [0.4, 0.5) is 0 Å². The van der Waals surface area contributed by atoms with Crippen molar-refractivity contribution in [3.63, 3.8) is 0 Å². The highest BCUT2D eigenvalue weighted by Gasteiger charge is 2.19. The van der Waals surface area contributed by atoms with Crippen LogP contribution in [-0.2, 0) is 28.6 Å². The molecule has 0 aliphatic carbocycles. The summed E-state index contributed by atoms with van der Waals surface area (Å²) >= 11 is 0. The molecule has 0 aromatic heterocycles. The van der Waals surface area contributed by atoms with Crippen molar-refractivity contribution in [2.75, 3.05) is 13.2 Å². The molecule has 0 amide bonds. The van der Waals surface area contributed by atoms with Crippen LogP contribution in [0.2, 0.25) is 0 Å². The number of rotatable bonds is 58. The normalized spacial score (nSPS) is 12.6. The van der Waals surface area contributed by atoms with Crippen molar-refractivity contribution in [2.45, 2.75) is 322 Å². The lowest BCUT2D eigenvalue weighted by atomic mass is 10.0. The molecule has 0 saturated carbocycles. The molecule has 6 nitrogen and oxygen atoms in total. The van der Waals surface area contributed by atoms with Crippen LogP contribution in [-0.4, -0.2) is 37.2 Å². The SMILES string of the molecule is CCC/C=C\C/C=C\CCCCCCCC(=O)OCC(COC(=O)CCCCCCCCCCCCCCCCCC/C=C\C/C=C\C/C=C\CCCCCCC)OC(=O)CCCCCCC/C=C\C/C=C\CCC. The highest BCUT2D eigenvalue weighted by Crippen LogP contribution is 2.16. The average Bonchev–Trinajstić information content (AvgIpc) is 3.41. The topological polar surface area (TPSA) is 78.9 Å². The summed E-state index contributed by atoms with van der Waals surface area (Å²) in [7, 11) is 0. The van der Waals surface area contributed by atoms with Crippen molar-refractivity contribution in [1.82, 2.24) is 0 Å². The molecule has 0 aromatic rings. The van der Waals surface area contributed by atoms with Gasteiger partial charge < -0.3 is 14.2 Å². The minimum Gasteiger partial charge on any atom is -0.462 e. The van der Waals surface area contributed by atoms with Gasteiger partial charge in [0.25, 0.3) is 0 Å². The highest BCUT2D eigenvalue weighted by atomic mass is 16.6. The smallest absolute Gasteiger partial charge is 0.306 e. The average molecular weight is 1050 g/mol. The van der Waals surface area contributed by atoms with Gasteiger partial charge in [0.1, 0.15) is 13.2 Å². The summed E-state index contributed by atoms with van der Waals surface area (Å²) in [6.45, 7) is 6.50. The van der Waals surface area contributed by atoms with Crippen LogP contribution in [0.15, 0.2) is 85.1 Å². The lowest BCUT2D eigenvalue weighted by molar-refractivity contribution is -0.167. The van der Waals surface area contributed by atoms with E-state index in [9.17, 15) is 14.4 Å². The zero-order valence-corrected chi connectivity index (χ0v) is 49.6. The first-order chi connectivity index (χ1) is 37.0. The summed E-state index contributed by atoms with van der Waals surface area (Å²) in [5.74, 6) is -0.906. The molecule has 0 bridgehead atoms. The Hall–Kier alpha value is -3.41. The summed E-state index contributed by atoms with van der Waals surface area (Å²) in [6, 6.07) is 0. The van der Waals surface area contributed by atoms with Crippen LogP contribution in [0.5, 0.6) is 0 Å². The van der Waals surface area contributed by atoms with E-state index >= 15 is 0 Å². The van der Waals surface area contributed by atoms with Gasteiger partial charge in [0.2, 0.25) is 0 Å². The van der Waals surface area contributed by atoms with E-state index in [0.717, 1.165) is 135 Å². The second-order valence-corrected chi connectivity index (χ2v) is 21.3. The molecule has 1 unspecified atom stereocenters. The first kappa shape index (κ1) is 71.6. The van der Waals surface area contributed by atoms with E-state index in [-0.39, 0.29) is 31.1 Å². The molecular formula is C69H120O6. The Morgan fingerprint density at radius 1 is 0.267 bits per heavy atom. The van der Waals surface area contributed by atoms with Gasteiger partial charge in [-0.2, -0.15) is 0 Å². The van der Waals surface area contributed by atoms with Gasteiger partial charge in [-0.25, -0.2) is 0 Å². The molecule has 0 aliphatic heterocycles. The molecule has 0 saturated heterocycles. The largest absolute Gasteiger partial charge is 0.462 e. The van der Waals surface area contributed by atoms with Crippen molar-refractivity contribution in [3.05, 3.63) is 85.1 Å². The number of hydrogen-bond donors (Lipinski definition) is 0. The number of allylic oxidation sites excluding steroid dienone is 14. The summed E-state index contributed by atoms with van der Waals surface area (Å²) in [5, 5.41) is 0. The number of esters is 3. The molecule has 1 atom stereocenters. The maximum absolute atomic E-state index is 12.8. The Labute approximate surface area is 465 Å². The number of carbonyl (C=O) groups is 3. The summed E-state index contributed by atoms with van der Waals surface area (Å²) < 4.78 is 16.9. The Morgan fingerprint density at radius 3 is 0.800 bits per heavy atom. The summed E-state index contributed by atoms with van der Waals surface area (Å²) in [4.78, 5) is 38.2. The van der Waals surface area contributed by atoms with E-state index in [2.05, 4.69) is 106 Å². The van der Waals surface area contributed by atoms with Gasteiger partial charge in [-0.3, -0.25) is 14.4 Å². The van der Waals surface area contributed by atoms with Crippen LogP contribution in [0.3, 0.4) is 0 Å². The molecule has 6 heteroatoms. The van der Waals surface area contributed by atoms with Crippen LogP contribution < -0.4 is 0 Å². The van der Waals surface area contributed by atoms with Gasteiger partial charge in [0, 0.05) is 19.3 Å². The van der Waals surface area contributed by atoms with E-state index < -0.39 is 6.10 Å². The molecular weight excluding hydrogens is 925 g/mol. The molecule has 0 aliphatic rings. The second-order valence-electron chi connectivity index (χ2n) is 21.3. The van der Waals surface area contributed by atoms with Crippen molar-refractivity contribution in [2.24, 2.45) is 0 Å². The van der Waals surface area contributed by atoms with Gasteiger partial charge in [0.05, 0.1) is 0 Å². The van der Waals surface area contributed by atoms with E-state index in [4.69, 9.17) is 14.2 Å². The van der Waals surface area contributed by atoms with Crippen molar-refractivity contribution in [3.8, 4) is 0 Å². The first-order valence-electron chi connectivity index (χ1n) is 32.1. The van der Waals surface area contributed by atoms with Crippen LogP contribution >= 0.6 is 0 Å². The maximum atomic E-state index is 12.8. The summed E-state index contributed by atoms with van der Waals surface area (Å²) in [5.41, 5.74) is 0. The third-order valence-corrected chi connectivity index (χ3v) is 13.8. The zero-order chi connectivity index (χ0) is 54.3. The minimum absolute atomic E-state index is 0.0853. The quantitative estimate of drug-likeness (QED) is 0.0261. The summed E-state index contributed by atoms with van der Waals surface area (Å²) in [6.07, 6.45) is 83.2. The predicted octanol–water partition coefficient (Wildman–Crippen LogP) is 21.9. The fraction of sp³-hybridized carbons (Fsp3) is 0.754. The van der Waals surface area contributed by atoms with Gasteiger partial charge in [-0.05, 0) is 109 Å². The fourth-order valence-corrected chi connectivity index (χ4v) is 9.00. The molecule has 0 fully saturated rings. The van der Waals surface area contributed by atoms with Crippen molar-refractivity contribution >= 4 is 17.9 Å². The van der Waals surface area contributed by atoms with Gasteiger partial charge in [0.15, 0.2) is 6.10 Å². The van der Waals surface area contributed by atoms with Crippen molar-refractivity contribution in [1.29, 1.82) is 0 Å². The first-order valence-corrected chi connectivity index (χ1v) is 32.1. The van der Waals surface area contributed by atoms with E-state index in [1.54, 1.807) is 0 Å². The number of unbranched alkanes of at least 4 members (excludes halogenated alkanes) is 33. The molecule has 0 spiro atoms. The molecule has 0 radical (unpaired) electrons. The van der Waals surface area contributed by atoms with E-state index in [1.165, 1.54) is 141 Å².